The molecule has 0 fully saturated rings. The van der Waals surface area contributed by atoms with E-state index < -0.39 is 5.82 Å². The number of carbonyl (C=O) groups is 1. The van der Waals surface area contributed by atoms with Crippen molar-refractivity contribution in [3.8, 4) is 0 Å². The van der Waals surface area contributed by atoms with Crippen molar-refractivity contribution in [2.45, 2.75) is 26.7 Å². The summed E-state index contributed by atoms with van der Waals surface area (Å²) >= 11 is 3.24. The molecule has 18 heavy (non-hydrogen) atoms. The number of hydrogen-bond donors (Lipinski definition) is 1. The average Bonchev–Trinajstić information content (AvgIpc) is 2.19. The number of nitrogens with zero attached hydrogens (tertiary/aromatic N) is 1. The van der Waals surface area contributed by atoms with Crippen molar-refractivity contribution < 1.29 is 9.18 Å². The molecule has 1 aromatic rings. The highest BCUT2D eigenvalue weighted by Crippen LogP contribution is 2.34. The molecule has 2 rings (SSSR count). The number of halogens is 2. The number of carbonyl (C=O) groups excluding carboxylic acids is 1. The second-order valence-electron chi connectivity index (χ2n) is 5.26. The molecule has 1 aliphatic rings. The van der Waals surface area contributed by atoms with Crippen LogP contribution < -0.4 is 5.32 Å². The number of aromatic nitrogens is 1. The van der Waals surface area contributed by atoms with E-state index in [2.05, 4.69) is 26.2 Å². The molecule has 1 N–H and O–H groups in total. The molecule has 0 saturated carbocycles. The fraction of sp³-hybridized carbons (Fsp3) is 0.385. The number of hydrogen-bond acceptors (Lipinski definition) is 3. The summed E-state index contributed by atoms with van der Waals surface area (Å²) < 4.78 is 13.5. The Balaban J connectivity index is 2.21. The molecular weight excluding hydrogens is 299 g/mol. The van der Waals surface area contributed by atoms with Crippen molar-refractivity contribution >= 4 is 27.5 Å². The summed E-state index contributed by atoms with van der Waals surface area (Å²) in [5.74, 6) is 0.224. The third-order valence-electron chi connectivity index (χ3n) is 2.74. The molecule has 0 aromatic carbocycles. The van der Waals surface area contributed by atoms with Crippen LogP contribution in [0.4, 0.5) is 10.2 Å². The van der Waals surface area contributed by atoms with Crippen LogP contribution in [0.25, 0.3) is 0 Å². The van der Waals surface area contributed by atoms with Crippen LogP contribution in [0.3, 0.4) is 0 Å². The van der Waals surface area contributed by atoms with Crippen LogP contribution >= 0.6 is 15.9 Å². The van der Waals surface area contributed by atoms with Gasteiger partial charge < -0.3 is 5.32 Å². The molecular formula is C13H14BrFN2O. The van der Waals surface area contributed by atoms with E-state index in [4.69, 9.17) is 0 Å². The van der Waals surface area contributed by atoms with Crippen molar-refractivity contribution in [3.05, 3.63) is 34.3 Å². The third kappa shape index (κ3) is 3.16. The van der Waals surface area contributed by atoms with Gasteiger partial charge in [0.25, 0.3) is 0 Å². The molecule has 0 spiro atoms. The summed E-state index contributed by atoms with van der Waals surface area (Å²) in [6.07, 6.45) is 4.06. The Hall–Kier alpha value is -1.23. The zero-order chi connectivity index (χ0) is 13.3. The van der Waals surface area contributed by atoms with Crippen LogP contribution in [-0.2, 0) is 4.79 Å². The van der Waals surface area contributed by atoms with Crippen molar-refractivity contribution in [1.29, 1.82) is 0 Å². The lowest BCUT2D eigenvalue weighted by atomic mass is 9.79. The van der Waals surface area contributed by atoms with Gasteiger partial charge in [-0.15, -0.1) is 0 Å². The lowest BCUT2D eigenvalue weighted by molar-refractivity contribution is -0.117. The first-order valence-electron chi connectivity index (χ1n) is 5.67. The largest absolute Gasteiger partial charge is 0.343 e. The van der Waals surface area contributed by atoms with Crippen molar-refractivity contribution in [3.63, 3.8) is 0 Å². The van der Waals surface area contributed by atoms with Crippen LogP contribution in [0, 0.1) is 11.2 Å². The van der Waals surface area contributed by atoms with Crippen LogP contribution in [-0.4, -0.2) is 10.8 Å². The van der Waals surface area contributed by atoms with Crippen molar-refractivity contribution in [1.82, 2.24) is 4.98 Å². The number of ketones is 1. The molecule has 1 aliphatic carbocycles. The number of pyridine rings is 1. The molecule has 96 valence electrons. The smallest absolute Gasteiger partial charge is 0.157 e. The van der Waals surface area contributed by atoms with Gasteiger partial charge in [0.05, 0.1) is 10.7 Å². The Labute approximate surface area is 114 Å². The highest BCUT2D eigenvalue weighted by Gasteiger charge is 2.27. The minimum atomic E-state index is -0.401. The van der Waals surface area contributed by atoms with E-state index in [-0.39, 0.29) is 11.2 Å². The molecule has 0 amide bonds. The van der Waals surface area contributed by atoms with E-state index in [0.717, 1.165) is 18.3 Å². The lowest BCUT2D eigenvalue weighted by Crippen LogP contribution is -2.24. The third-order valence-corrected chi connectivity index (χ3v) is 3.35. The minimum absolute atomic E-state index is 0.0549. The van der Waals surface area contributed by atoms with Gasteiger partial charge in [0, 0.05) is 18.2 Å². The quantitative estimate of drug-likeness (QED) is 0.906. The second-order valence-corrected chi connectivity index (χ2v) is 6.12. The average molecular weight is 313 g/mol. The summed E-state index contributed by atoms with van der Waals surface area (Å²) in [4.78, 5) is 15.6. The molecule has 3 nitrogen and oxygen atoms in total. The number of allylic oxidation sites excluding steroid dienone is 2. The van der Waals surface area contributed by atoms with Gasteiger partial charge in [-0.3, -0.25) is 4.79 Å². The predicted molar refractivity (Wildman–Crippen MR) is 71.6 cm³/mol. The van der Waals surface area contributed by atoms with Gasteiger partial charge in [-0.2, -0.15) is 0 Å². The number of rotatable bonds is 2. The van der Waals surface area contributed by atoms with Crippen molar-refractivity contribution in [2.24, 2.45) is 5.41 Å². The van der Waals surface area contributed by atoms with Crippen molar-refractivity contribution in [2.75, 3.05) is 5.32 Å². The van der Waals surface area contributed by atoms with Crippen LogP contribution in [0.1, 0.15) is 26.7 Å². The standard InChI is InChI=1S/C13H14BrFN2O/c1-13(2)5-9(4-10(18)6-13)17-12-11(14)3-8(15)7-16-12/h3-4,7H,5-6H2,1-2H3,(H,16,17). The maximum absolute atomic E-state index is 12.9. The molecule has 0 atom stereocenters. The zero-order valence-corrected chi connectivity index (χ0v) is 11.8. The molecule has 5 heteroatoms. The monoisotopic (exact) mass is 312 g/mol. The Kier molecular flexibility index (Phi) is 3.52. The van der Waals surface area contributed by atoms with E-state index in [1.165, 1.54) is 6.07 Å². The highest BCUT2D eigenvalue weighted by molar-refractivity contribution is 9.10. The first-order chi connectivity index (χ1) is 8.35. The van der Waals surface area contributed by atoms with Gasteiger partial charge in [-0.05, 0) is 33.8 Å². The molecule has 0 radical (unpaired) electrons. The van der Waals surface area contributed by atoms with Gasteiger partial charge >= 0.3 is 0 Å². The Morgan fingerprint density at radius 1 is 1.44 bits per heavy atom. The predicted octanol–water partition coefficient (Wildman–Crippen LogP) is 3.67. The van der Waals surface area contributed by atoms with Crippen LogP contribution in [0.15, 0.2) is 28.5 Å². The molecule has 1 heterocycles. The molecule has 0 aliphatic heterocycles. The van der Waals surface area contributed by atoms with Crippen LogP contribution in [0.2, 0.25) is 0 Å². The minimum Gasteiger partial charge on any atom is -0.343 e. The van der Waals surface area contributed by atoms with Gasteiger partial charge in [0.1, 0.15) is 11.6 Å². The molecule has 1 aromatic heterocycles. The number of anilines is 1. The van der Waals surface area contributed by atoms with Gasteiger partial charge in [0.2, 0.25) is 0 Å². The fourth-order valence-corrected chi connectivity index (χ4v) is 2.51. The normalized spacial score (nSPS) is 18.4. The van der Waals surface area contributed by atoms with Gasteiger partial charge in [0.15, 0.2) is 5.78 Å². The SMILES string of the molecule is CC1(C)CC(=O)C=C(Nc2ncc(F)cc2Br)C1. The summed E-state index contributed by atoms with van der Waals surface area (Å²) in [5.41, 5.74) is 0.761. The van der Waals surface area contributed by atoms with Gasteiger partial charge in [-0.25, -0.2) is 9.37 Å². The topological polar surface area (TPSA) is 42.0 Å². The van der Waals surface area contributed by atoms with E-state index in [9.17, 15) is 9.18 Å². The Morgan fingerprint density at radius 2 is 2.17 bits per heavy atom. The summed E-state index contributed by atoms with van der Waals surface area (Å²) in [7, 11) is 0. The maximum Gasteiger partial charge on any atom is 0.157 e. The first-order valence-corrected chi connectivity index (χ1v) is 6.46. The van der Waals surface area contributed by atoms with E-state index in [0.29, 0.717) is 16.7 Å². The number of nitrogens with one attached hydrogen (secondary N) is 1. The fourth-order valence-electron chi connectivity index (χ4n) is 2.09. The summed E-state index contributed by atoms with van der Waals surface area (Å²) in [6.45, 7) is 4.10. The summed E-state index contributed by atoms with van der Waals surface area (Å²) in [6, 6.07) is 1.34. The Morgan fingerprint density at radius 3 is 2.78 bits per heavy atom. The molecule has 0 saturated heterocycles. The lowest BCUT2D eigenvalue weighted by Gasteiger charge is -2.29. The van der Waals surface area contributed by atoms with E-state index in [1.807, 2.05) is 13.8 Å². The molecule has 0 bridgehead atoms. The molecule has 0 unspecified atom stereocenters. The summed E-state index contributed by atoms with van der Waals surface area (Å²) in [5, 5.41) is 3.08. The second kappa shape index (κ2) is 4.80. The van der Waals surface area contributed by atoms with Crippen LogP contribution in [0.5, 0.6) is 0 Å². The Bertz CT molecular complexity index is 526. The highest BCUT2D eigenvalue weighted by atomic mass is 79.9. The first kappa shape index (κ1) is 13.2. The maximum atomic E-state index is 12.9. The van der Waals surface area contributed by atoms with E-state index in [1.54, 1.807) is 6.08 Å². The zero-order valence-electron chi connectivity index (χ0n) is 10.3. The van der Waals surface area contributed by atoms with Gasteiger partial charge in [-0.1, -0.05) is 13.8 Å². The van der Waals surface area contributed by atoms with E-state index >= 15 is 0 Å².